The number of ether oxygens (including phenoxy) is 2. The van der Waals surface area contributed by atoms with Crippen LogP contribution in [-0.4, -0.2) is 25.2 Å². The number of esters is 2. The predicted octanol–water partition coefficient (Wildman–Crippen LogP) is 8.47. The van der Waals surface area contributed by atoms with Crippen LogP contribution >= 0.6 is 11.3 Å². The van der Waals surface area contributed by atoms with Gasteiger partial charge in [-0.25, -0.2) is 9.59 Å². The minimum atomic E-state index is -0.444. The van der Waals surface area contributed by atoms with Gasteiger partial charge in [0.1, 0.15) is 0 Å². The van der Waals surface area contributed by atoms with E-state index in [1.165, 1.54) is 51.4 Å². The molecule has 0 bridgehead atoms. The van der Waals surface area contributed by atoms with Gasteiger partial charge in [-0.15, -0.1) is 0 Å². The molecule has 0 aliphatic carbocycles. The van der Waals surface area contributed by atoms with Crippen molar-refractivity contribution in [1.29, 1.82) is 0 Å². The molecule has 0 fully saturated rings. The maximum atomic E-state index is 12.4. The molecule has 1 aromatic heterocycles. The minimum Gasteiger partial charge on any atom is -0.462 e. The lowest BCUT2D eigenvalue weighted by molar-refractivity contribution is 0.0450. The van der Waals surface area contributed by atoms with Gasteiger partial charge in [-0.1, -0.05) is 102 Å². The summed E-state index contributed by atoms with van der Waals surface area (Å²) in [6, 6.07) is 10.8. The van der Waals surface area contributed by atoms with E-state index >= 15 is 0 Å². The average molecular weight is 475 g/mol. The van der Waals surface area contributed by atoms with E-state index in [-0.39, 0.29) is 0 Å². The molecule has 0 radical (unpaired) electrons. The third kappa shape index (κ3) is 14.6. The first-order valence-corrected chi connectivity index (χ1v) is 13.5. The van der Waals surface area contributed by atoms with E-state index in [0.717, 1.165) is 25.7 Å². The SMILES string of the molecule is CCCCCCCCOC(=O)c1ccccc1C(=O)OCCCCCCCC.c1ccsc1. The summed E-state index contributed by atoms with van der Waals surface area (Å²) in [6.45, 7) is 5.17. The molecule has 2 aromatic rings. The summed E-state index contributed by atoms with van der Waals surface area (Å²) in [7, 11) is 0. The van der Waals surface area contributed by atoms with E-state index in [1.807, 2.05) is 22.9 Å². The molecule has 0 atom stereocenters. The van der Waals surface area contributed by atoms with Crippen molar-refractivity contribution in [2.75, 3.05) is 13.2 Å². The molecule has 184 valence electrons. The number of thiophene rings is 1. The molecule has 0 aliphatic heterocycles. The van der Waals surface area contributed by atoms with Gasteiger partial charge in [-0.3, -0.25) is 0 Å². The third-order valence-electron chi connectivity index (χ3n) is 5.25. The first-order valence-electron chi connectivity index (χ1n) is 12.6. The fraction of sp³-hybridized carbons (Fsp3) is 0.571. The van der Waals surface area contributed by atoms with Gasteiger partial charge >= 0.3 is 11.9 Å². The fourth-order valence-electron chi connectivity index (χ4n) is 3.32. The summed E-state index contributed by atoms with van der Waals surface area (Å²) >= 11 is 1.71. The molecule has 0 spiro atoms. The zero-order valence-electron chi connectivity index (χ0n) is 20.6. The van der Waals surface area contributed by atoms with Crippen LogP contribution in [-0.2, 0) is 9.47 Å². The zero-order valence-corrected chi connectivity index (χ0v) is 21.4. The van der Waals surface area contributed by atoms with Crippen LogP contribution in [0.5, 0.6) is 0 Å². The Balaban J connectivity index is 0.000000953. The Hall–Kier alpha value is -2.14. The molecule has 1 aromatic carbocycles. The molecule has 4 nitrogen and oxygen atoms in total. The summed E-state index contributed by atoms with van der Waals surface area (Å²) in [6.07, 6.45) is 13.6. The topological polar surface area (TPSA) is 52.6 Å². The van der Waals surface area contributed by atoms with Crippen LogP contribution in [0.4, 0.5) is 0 Å². The van der Waals surface area contributed by atoms with E-state index in [9.17, 15) is 9.59 Å². The average Bonchev–Trinajstić information content (AvgIpc) is 3.43. The molecular formula is C28H42O4S. The molecule has 0 aliphatic rings. The molecule has 0 saturated heterocycles. The van der Waals surface area contributed by atoms with Gasteiger partial charge in [-0.05, 0) is 35.7 Å². The van der Waals surface area contributed by atoms with Crippen LogP contribution in [0.1, 0.15) is 112 Å². The van der Waals surface area contributed by atoms with Crippen molar-refractivity contribution >= 4 is 23.3 Å². The molecule has 2 rings (SSSR count). The number of hydrogen-bond acceptors (Lipinski definition) is 5. The molecule has 0 saturated carbocycles. The van der Waals surface area contributed by atoms with E-state index in [1.54, 1.807) is 35.6 Å². The summed E-state index contributed by atoms with van der Waals surface area (Å²) in [4.78, 5) is 24.7. The second kappa shape index (κ2) is 20.5. The van der Waals surface area contributed by atoms with Crippen LogP contribution in [0.3, 0.4) is 0 Å². The van der Waals surface area contributed by atoms with Gasteiger partial charge in [0.25, 0.3) is 0 Å². The van der Waals surface area contributed by atoms with Crippen molar-refractivity contribution in [3.8, 4) is 0 Å². The van der Waals surface area contributed by atoms with Crippen LogP contribution in [0.25, 0.3) is 0 Å². The Kier molecular flexibility index (Phi) is 17.9. The van der Waals surface area contributed by atoms with E-state index < -0.39 is 11.9 Å². The van der Waals surface area contributed by atoms with Crippen molar-refractivity contribution < 1.29 is 19.1 Å². The van der Waals surface area contributed by atoms with Crippen molar-refractivity contribution in [2.45, 2.75) is 90.9 Å². The Morgan fingerprint density at radius 2 is 1.00 bits per heavy atom. The summed E-state index contributed by atoms with van der Waals surface area (Å²) < 4.78 is 10.7. The predicted molar refractivity (Wildman–Crippen MR) is 138 cm³/mol. The van der Waals surface area contributed by atoms with Gasteiger partial charge in [0.2, 0.25) is 0 Å². The van der Waals surface area contributed by atoms with Crippen molar-refractivity contribution in [1.82, 2.24) is 0 Å². The molecule has 5 heteroatoms. The van der Waals surface area contributed by atoms with Crippen LogP contribution in [0, 0.1) is 0 Å². The maximum absolute atomic E-state index is 12.4. The standard InChI is InChI=1S/C24H38O4.C4H4S/c1-3-5-7-9-11-15-19-27-23(25)21-17-13-14-18-22(21)24(26)28-20-16-12-10-8-6-4-2;1-2-4-5-3-1/h13-14,17-18H,3-12,15-16,19-20H2,1-2H3;1-4H. The number of hydrogen-bond donors (Lipinski definition) is 0. The van der Waals surface area contributed by atoms with Gasteiger partial charge in [-0.2, -0.15) is 11.3 Å². The van der Waals surface area contributed by atoms with Gasteiger partial charge in [0.05, 0.1) is 24.3 Å². The first-order chi connectivity index (χ1) is 16.2. The van der Waals surface area contributed by atoms with E-state index in [0.29, 0.717) is 24.3 Å². The normalized spacial score (nSPS) is 10.2. The van der Waals surface area contributed by atoms with E-state index in [4.69, 9.17) is 9.47 Å². The van der Waals surface area contributed by atoms with Crippen LogP contribution in [0.2, 0.25) is 0 Å². The molecule has 33 heavy (non-hydrogen) atoms. The number of rotatable bonds is 16. The molecule has 0 N–H and O–H groups in total. The van der Waals surface area contributed by atoms with Crippen LogP contribution < -0.4 is 0 Å². The number of carbonyl (C=O) groups is 2. The maximum Gasteiger partial charge on any atom is 0.339 e. The third-order valence-corrected chi connectivity index (χ3v) is 5.88. The highest BCUT2D eigenvalue weighted by molar-refractivity contribution is 7.07. The lowest BCUT2D eigenvalue weighted by atomic mass is 10.1. The molecule has 0 amide bonds. The molecule has 1 heterocycles. The Bertz CT molecular complexity index is 661. The Morgan fingerprint density at radius 3 is 1.36 bits per heavy atom. The second-order valence-corrected chi connectivity index (χ2v) is 8.96. The van der Waals surface area contributed by atoms with Crippen LogP contribution in [0.15, 0.2) is 47.2 Å². The fourth-order valence-corrected chi connectivity index (χ4v) is 3.77. The molecular weight excluding hydrogens is 432 g/mol. The van der Waals surface area contributed by atoms with Gasteiger partial charge in [0.15, 0.2) is 0 Å². The highest BCUT2D eigenvalue weighted by atomic mass is 32.1. The summed E-state index contributed by atoms with van der Waals surface area (Å²) in [5.74, 6) is -0.888. The number of unbranched alkanes of at least 4 members (excludes halogenated alkanes) is 10. The summed E-state index contributed by atoms with van der Waals surface area (Å²) in [5.41, 5.74) is 0.586. The van der Waals surface area contributed by atoms with Crippen molar-refractivity contribution in [3.05, 3.63) is 58.3 Å². The number of benzene rings is 1. The molecule has 0 unspecified atom stereocenters. The zero-order chi connectivity index (χ0) is 24.0. The van der Waals surface area contributed by atoms with Gasteiger partial charge in [0, 0.05) is 0 Å². The monoisotopic (exact) mass is 474 g/mol. The van der Waals surface area contributed by atoms with Crippen molar-refractivity contribution in [2.24, 2.45) is 0 Å². The largest absolute Gasteiger partial charge is 0.462 e. The van der Waals surface area contributed by atoms with E-state index in [2.05, 4.69) is 13.8 Å². The number of carbonyl (C=O) groups excluding carboxylic acids is 2. The lowest BCUT2D eigenvalue weighted by Gasteiger charge is -2.10. The van der Waals surface area contributed by atoms with Gasteiger partial charge < -0.3 is 9.47 Å². The smallest absolute Gasteiger partial charge is 0.339 e. The van der Waals surface area contributed by atoms with Crippen molar-refractivity contribution in [3.63, 3.8) is 0 Å². The lowest BCUT2D eigenvalue weighted by Crippen LogP contribution is -2.15. The Labute approximate surface area is 204 Å². The first kappa shape index (κ1) is 28.9. The second-order valence-electron chi connectivity index (χ2n) is 8.15. The minimum absolute atomic E-state index is 0.293. The highest BCUT2D eigenvalue weighted by Gasteiger charge is 2.18. The summed E-state index contributed by atoms with van der Waals surface area (Å²) in [5, 5.41) is 4.08. The Morgan fingerprint density at radius 1 is 0.606 bits per heavy atom. The highest BCUT2D eigenvalue weighted by Crippen LogP contribution is 2.14. The quantitative estimate of drug-likeness (QED) is 0.181.